The lowest BCUT2D eigenvalue weighted by molar-refractivity contribution is 0.881. The van der Waals surface area contributed by atoms with Crippen LogP contribution >= 0.6 is 0 Å². The van der Waals surface area contributed by atoms with E-state index in [-0.39, 0.29) is 0 Å². The number of aromatic nitrogens is 4. The Kier molecular flexibility index (Phi) is 1.11. The van der Waals surface area contributed by atoms with Crippen molar-refractivity contribution in [3.63, 3.8) is 0 Å². The van der Waals surface area contributed by atoms with Gasteiger partial charge in [-0.25, -0.2) is 5.10 Å². The Hall–Kier alpha value is -1.13. The molecule has 1 aromatic heterocycles. The summed E-state index contributed by atoms with van der Waals surface area (Å²) in [4.78, 5) is 1.79. The zero-order valence-electron chi connectivity index (χ0n) is 4.79. The van der Waals surface area contributed by atoms with Gasteiger partial charge in [0.1, 0.15) is 0 Å². The smallest absolute Gasteiger partial charge is 0.242 e. The molecule has 5 heteroatoms. The van der Waals surface area contributed by atoms with E-state index >= 15 is 0 Å². The van der Waals surface area contributed by atoms with Crippen LogP contribution in [0, 0.1) is 0 Å². The van der Waals surface area contributed by atoms with Crippen LogP contribution in [0.3, 0.4) is 0 Å². The Balaban J connectivity index is 2.77. The molecule has 0 radical (unpaired) electrons. The van der Waals surface area contributed by atoms with Gasteiger partial charge in [0.25, 0.3) is 0 Å². The maximum absolute atomic E-state index is 3.62. The minimum absolute atomic E-state index is 0.671. The molecule has 5 nitrogen and oxygen atoms in total. The number of H-pyrrole nitrogens is 1. The van der Waals surface area contributed by atoms with Gasteiger partial charge in [0.05, 0.1) is 0 Å². The molecule has 8 heavy (non-hydrogen) atoms. The minimum atomic E-state index is 0.671. The number of nitrogens with zero attached hydrogens (tertiary/aromatic N) is 4. The maximum Gasteiger partial charge on any atom is 0.242 e. The van der Waals surface area contributed by atoms with Gasteiger partial charge in [-0.15, -0.1) is 0 Å². The third-order valence-electron chi connectivity index (χ3n) is 0.758. The molecule has 0 atom stereocenters. The lowest BCUT2D eigenvalue weighted by Crippen LogP contribution is -2.10. The molecule has 0 spiro atoms. The number of nitrogens with one attached hydrogen (secondary N) is 1. The second-order valence-electron chi connectivity index (χ2n) is 1.62. The summed E-state index contributed by atoms with van der Waals surface area (Å²) < 4.78 is 0. The van der Waals surface area contributed by atoms with Crippen molar-refractivity contribution in [2.75, 3.05) is 19.0 Å². The molecule has 1 aromatic rings. The molecule has 0 saturated carbocycles. The second kappa shape index (κ2) is 1.77. The Labute approximate surface area is 46.7 Å². The lowest BCUT2D eigenvalue weighted by Gasteiger charge is -2.02. The molecule has 0 fully saturated rings. The van der Waals surface area contributed by atoms with E-state index < -0.39 is 0 Å². The molecule has 0 aliphatic heterocycles. The van der Waals surface area contributed by atoms with Crippen LogP contribution < -0.4 is 4.90 Å². The normalized spacial score (nSPS) is 9.25. The summed E-state index contributed by atoms with van der Waals surface area (Å²) in [6.07, 6.45) is 0. The molecule has 1 heterocycles. The van der Waals surface area contributed by atoms with Crippen LogP contribution in [0.25, 0.3) is 0 Å². The van der Waals surface area contributed by atoms with Gasteiger partial charge in [0.2, 0.25) is 5.95 Å². The van der Waals surface area contributed by atoms with Crippen molar-refractivity contribution in [2.24, 2.45) is 0 Å². The molecule has 0 aromatic carbocycles. The fraction of sp³-hybridized carbons (Fsp3) is 0.667. The summed E-state index contributed by atoms with van der Waals surface area (Å²) in [5.74, 6) is 0.671. The summed E-state index contributed by atoms with van der Waals surface area (Å²) in [7, 11) is 3.73. The van der Waals surface area contributed by atoms with Gasteiger partial charge in [-0.3, -0.25) is 0 Å². The van der Waals surface area contributed by atoms with Crippen molar-refractivity contribution in [2.45, 2.75) is 0 Å². The predicted octanol–water partition coefficient (Wildman–Crippen LogP) is -0.734. The molecule has 0 aliphatic rings. The van der Waals surface area contributed by atoms with Gasteiger partial charge in [-0.2, -0.15) is 0 Å². The van der Waals surface area contributed by atoms with E-state index in [0.717, 1.165) is 0 Å². The highest BCUT2D eigenvalue weighted by Gasteiger charge is 1.94. The van der Waals surface area contributed by atoms with Crippen molar-refractivity contribution in [1.82, 2.24) is 20.6 Å². The van der Waals surface area contributed by atoms with Crippen molar-refractivity contribution in [3.05, 3.63) is 0 Å². The molecule has 1 rings (SSSR count). The molecule has 1 N–H and O–H groups in total. The van der Waals surface area contributed by atoms with Crippen LogP contribution in [0.2, 0.25) is 0 Å². The van der Waals surface area contributed by atoms with E-state index in [2.05, 4.69) is 20.6 Å². The maximum atomic E-state index is 3.62. The third kappa shape index (κ3) is 0.749. The Morgan fingerprint density at radius 1 is 1.50 bits per heavy atom. The van der Waals surface area contributed by atoms with Gasteiger partial charge in [-0.1, -0.05) is 5.10 Å². The van der Waals surface area contributed by atoms with Gasteiger partial charge >= 0.3 is 0 Å². The van der Waals surface area contributed by atoms with Crippen LogP contribution in [0.5, 0.6) is 0 Å². The van der Waals surface area contributed by atoms with E-state index in [9.17, 15) is 0 Å². The number of rotatable bonds is 1. The first kappa shape index (κ1) is 5.02. The standard InChI is InChI=1S/C3H7N5/c1-8(2)3-4-6-7-5-3/h1-2H3,(H,4,5,6,7). The molecule has 0 bridgehead atoms. The SMILES string of the molecule is CN(C)c1nnn[nH]1. The van der Waals surface area contributed by atoms with Crippen LogP contribution in [-0.4, -0.2) is 34.7 Å². The van der Waals surface area contributed by atoms with Gasteiger partial charge < -0.3 is 4.90 Å². The van der Waals surface area contributed by atoms with Crippen LogP contribution in [-0.2, 0) is 0 Å². The second-order valence-corrected chi connectivity index (χ2v) is 1.62. The summed E-state index contributed by atoms with van der Waals surface area (Å²) in [6.45, 7) is 0. The molecule has 0 aliphatic carbocycles. The highest BCUT2D eigenvalue weighted by molar-refractivity contribution is 5.20. The molecular weight excluding hydrogens is 106 g/mol. The lowest BCUT2D eigenvalue weighted by atomic mass is 10.9. The highest BCUT2D eigenvalue weighted by atomic mass is 15.5. The van der Waals surface area contributed by atoms with E-state index in [1.54, 1.807) is 4.90 Å². The molecular formula is C3H7N5. The zero-order valence-corrected chi connectivity index (χ0v) is 4.79. The fourth-order valence-corrected chi connectivity index (χ4v) is 0.344. The molecule has 0 amide bonds. The minimum Gasteiger partial charge on any atom is -0.346 e. The van der Waals surface area contributed by atoms with Gasteiger partial charge in [-0.05, 0) is 10.4 Å². The average molecular weight is 113 g/mol. The molecule has 44 valence electrons. The van der Waals surface area contributed by atoms with Crippen LogP contribution in [0.4, 0.5) is 5.95 Å². The largest absolute Gasteiger partial charge is 0.346 e. The van der Waals surface area contributed by atoms with Crippen molar-refractivity contribution >= 4 is 5.95 Å². The Morgan fingerprint density at radius 3 is 2.50 bits per heavy atom. The molecule has 0 saturated heterocycles. The predicted molar refractivity (Wildman–Crippen MR) is 28.5 cm³/mol. The first-order chi connectivity index (χ1) is 3.80. The summed E-state index contributed by atoms with van der Waals surface area (Å²) >= 11 is 0. The van der Waals surface area contributed by atoms with Crippen molar-refractivity contribution in [3.8, 4) is 0 Å². The number of hydrogen-bond donors (Lipinski definition) is 1. The average Bonchev–Trinajstić information content (AvgIpc) is 2.12. The quantitative estimate of drug-likeness (QED) is 0.521. The fourth-order valence-electron chi connectivity index (χ4n) is 0.344. The zero-order chi connectivity index (χ0) is 5.98. The van der Waals surface area contributed by atoms with Crippen molar-refractivity contribution in [1.29, 1.82) is 0 Å². The first-order valence-electron chi connectivity index (χ1n) is 2.22. The van der Waals surface area contributed by atoms with E-state index in [1.165, 1.54) is 0 Å². The van der Waals surface area contributed by atoms with E-state index in [4.69, 9.17) is 0 Å². The van der Waals surface area contributed by atoms with Crippen LogP contribution in [0.15, 0.2) is 0 Å². The monoisotopic (exact) mass is 113 g/mol. The van der Waals surface area contributed by atoms with Gasteiger partial charge in [0, 0.05) is 14.1 Å². The number of aromatic amines is 1. The number of anilines is 1. The summed E-state index contributed by atoms with van der Waals surface area (Å²) in [6, 6.07) is 0. The summed E-state index contributed by atoms with van der Waals surface area (Å²) in [5.41, 5.74) is 0. The third-order valence-corrected chi connectivity index (χ3v) is 0.758. The van der Waals surface area contributed by atoms with E-state index in [0.29, 0.717) is 5.95 Å². The Morgan fingerprint density at radius 2 is 2.25 bits per heavy atom. The summed E-state index contributed by atoms with van der Waals surface area (Å²) in [5, 5.41) is 13.0. The topological polar surface area (TPSA) is 57.7 Å². The Bertz CT molecular complexity index is 143. The van der Waals surface area contributed by atoms with Crippen LogP contribution in [0.1, 0.15) is 0 Å². The highest BCUT2D eigenvalue weighted by Crippen LogP contribution is 1.92. The van der Waals surface area contributed by atoms with E-state index in [1.807, 2.05) is 14.1 Å². The first-order valence-corrected chi connectivity index (χ1v) is 2.22. The molecule has 0 unspecified atom stereocenters. The van der Waals surface area contributed by atoms with Crippen molar-refractivity contribution < 1.29 is 0 Å². The number of hydrogen-bond acceptors (Lipinski definition) is 4. The van der Waals surface area contributed by atoms with Gasteiger partial charge in [0.15, 0.2) is 0 Å². The number of tetrazole rings is 1.